The van der Waals surface area contributed by atoms with E-state index in [-0.39, 0.29) is 12.2 Å². The first kappa shape index (κ1) is 13.7. The lowest BCUT2D eigenvalue weighted by Crippen LogP contribution is -2.39. The molecule has 2 rings (SSSR count). The van der Waals surface area contributed by atoms with Gasteiger partial charge in [-0.05, 0) is 31.0 Å². The second-order valence-electron chi connectivity index (χ2n) is 4.40. The number of benzene rings is 1. The third-order valence-corrected chi connectivity index (χ3v) is 3.50. The predicted octanol–water partition coefficient (Wildman–Crippen LogP) is 3.43. The fourth-order valence-corrected chi connectivity index (χ4v) is 2.53. The summed E-state index contributed by atoms with van der Waals surface area (Å²) in [5.74, 6) is 0. The van der Waals surface area contributed by atoms with Crippen LogP contribution in [0.4, 0.5) is 18.9 Å². The molecule has 18 heavy (non-hydrogen) atoms. The molecule has 1 aliphatic heterocycles. The number of piperidine rings is 1. The van der Waals surface area contributed by atoms with Crippen LogP contribution >= 0.6 is 15.9 Å². The maximum absolute atomic E-state index is 12.9. The molecule has 0 bridgehead atoms. The van der Waals surface area contributed by atoms with Gasteiger partial charge >= 0.3 is 6.18 Å². The van der Waals surface area contributed by atoms with Crippen LogP contribution in [0.25, 0.3) is 0 Å². The van der Waals surface area contributed by atoms with Crippen molar-refractivity contribution in [1.82, 2.24) is 0 Å². The molecule has 1 aliphatic rings. The summed E-state index contributed by atoms with van der Waals surface area (Å²) in [4.78, 5) is 1.60. The van der Waals surface area contributed by atoms with Gasteiger partial charge in [0.2, 0.25) is 0 Å². The second kappa shape index (κ2) is 5.09. The number of β-amino-alcohol motifs (C(OH)–C–C–N with tert-alkyl or cyclic N) is 1. The van der Waals surface area contributed by atoms with Gasteiger partial charge in [-0.2, -0.15) is 13.2 Å². The minimum Gasteiger partial charge on any atom is -0.391 e. The lowest BCUT2D eigenvalue weighted by Gasteiger charge is -2.33. The van der Waals surface area contributed by atoms with Gasteiger partial charge in [0, 0.05) is 17.6 Å². The topological polar surface area (TPSA) is 23.5 Å². The number of aliphatic hydroxyl groups excluding tert-OH is 1. The smallest absolute Gasteiger partial charge is 0.391 e. The van der Waals surface area contributed by atoms with Gasteiger partial charge in [-0.1, -0.05) is 15.9 Å². The molecule has 0 radical (unpaired) electrons. The first-order chi connectivity index (χ1) is 8.38. The molecular weight excluding hydrogens is 311 g/mol. The van der Waals surface area contributed by atoms with Crippen LogP contribution in [-0.4, -0.2) is 24.3 Å². The predicted molar refractivity (Wildman–Crippen MR) is 66.6 cm³/mol. The van der Waals surface area contributed by atoms with Gasteiger partial charge in [0.25, 0.3) is 0 Å². The molecule has 1 aromatic rings. The fourth-order valence-electron chi connectivity index (χ4n) is 2.18. The van der Waals surface area contributed by atoms with Gasteiger partial charge in [-0.3, -0.25) is 0 Å². The van der Waals surface area contributed by atoms with Crippen LogP contribution in [0.5, 0.6) is 0 Å². The van der Waals surface area contributed by atoms with E-state index in [9.17, 15) is 18.3 Å². The van der Waals surface area contributed by atoms with Crippen LogP contribution in [0, 0.1) is 0 Å². The first-order valence-electron chi connectivity index (χ1n) is 5.67. The first-order valence-corrected chi connectivity index (χ1v) is 6.47. The number of hydrogen-bond acceptors (Lipinski definition) is 2. The number of halogens is 4. The lowest BCUT2D eigenvalue weighted by molar-refractivity contribution is -0.137. The van der Waals surface area contributed by atoms with Crippen molar-refractivity contribution in [2.45, 2.75) is 25.1 Å². The molecule has 1 fully saturated rings. The quantitative estimate of drug-likeness (QED) is 0.856. The summed E-state index contributed by atoms with van der Waals surface area (Å²) in [5.41, 5.74) is -0.518. The van der Waals surface area contributed by atoms with E-state index in [1.54, 1.807) is 4.90 Å². The van der Waals surface area contributed by atoms with Crippen LogP contribution in [0.15, 0.2) is 22.7 Å². The number of rotatable bonds is 1. The Kier molecular flexibility index (Phi) is 3.87. The van der Waals surface area contributed by atoms with E-state index in [0.29, 0.717) is 23.9 Å². The van der Waals surface area contributed by atoms with Crippen LogP contribution in [0.1, 0.15) is 18.4 Å². The maximum Gasteiger partial charge on any atom is 0.418 e. The van der Waals surface area contributed by atoms with Crippen molar-refractivity contribution < 1.29 is 18.3 Å². The van der Waals surface area contributed by atoms with E-state index in [1.807, 2.05) is 0 Å². The summed E-state index contributed by atoms with van der Waals surface area (Å²) in [7, 11) is 0. The highest BCUT2D eigenvalue weighted by molar-refractivity contribution is 9.10. The van der Waals surface area contributed by atoms with Gasteiger partial charge < -0.3 is 10.0 Å². The van der Waals surface area contributed by atoms with Crippen molar-refractivity contribution in [1.29, 1.82) is 0 Å². The molecule has 0 spiro atoms. The van der Waals surface area contributed by atoms with Crippen LogP contribution in [0.3, 0.4) is 0 Å². The summed E-state index contributed by atoms with van der Waals surface area (Å²) < 4.78 is 39.4. The Morgan fingerprint density at radius 2 is 2.06 bits per heavy atom. The van der Waals surface area contributed by atoms with Gasteiger partial charge in [0.15, 0.2) is 0 Å². The molecule has 1 heterocycles. The lowest BCUT2D eigenvalue weighted by atomic mass is 10.1. The monoisotopic (exact) mass is 323 g/mol. The van der Waals surface area contributed by atoms with Crippen molar-refractivity contribution in [3.05, 3.63) is 28.2 Å². The molecule has 0 aliphatic carbocycles. The Balaban J connectivity index is 2.38. The van der Waals surface area contributed by atoms with E-state index >= 15 is 0 Å². The van der Waals surface area contributed by atoms with Crippen LogP contribution < -0.4 is 4.90 Å². The van der Waals surface area contributed by atoms with Gasteiger partial charge in [-0.25, -0.2) is 0 Å². The van der Waals surface area contributed by atoms with Crippen molar-refractivity contribution in [2.24, 2.45) is 0 Å². The van der Waals surface area contributed by atoms with Crippen molar-refractivity contribution in [2.75, 3.05) is 18.0 Å². The highest BCUT2D eigenvalue weighted by atomic mass is 79.9. The van der Waals surface area contributed by atoms with E-state index in [1.165, 1.54) is 12.1 Å². The molecule has 1 aromatic carbocycles. The molecule has 100 valence electrons. The third-order valence-electron chi connectivity index (χ3n) is 3.00. The van der Waals surface area contributed by atoms with Gasteiger partial charge in [0.1, 0.15) is 0 Å². The number of anilines is 1. The molecule has 0 amide bonds. The summed E-state index contributed by atoms with van der Waals surface area (Å²) in [5, 5.41) is 9.57. The molecule has 0 saturated carbocycles. The average Bonchev–Trinajstić information content (AvgIpc) is 2.27. The summed E-state index contributed by atoms with van der Waals surface area (Å²) in [6.45, 7) is 0.788. The van der Waals surface area contributed by atoms with E-state index in [4.69, 9.17) is 0 Å². The molecule has 1 unspecified atom stereocenters. The zero-order valence-electron chi connectivity index (χ0n) is 9.54. The van der Waals surface area contributed by atoms with E-state index in [2.05, 4.69) is 15.9 Å². The number of hydrogen-bond donors (Lipinski definition) is 1. The highest BCUT2D eigenvalue weighted by Crippen LogP contribution is 2.38. The molecule has 0 aromatic heterocycles. The van der Waals surface area contributed by atoms with Crippen LogP contribution in [-0.2, 0) is 6.18 Å². The zero-order chi connectivity index (χ0) is 13.3. The molecule has 1 saturated heterocycles. The Labute approximate surface area is 112 Å². The molecule has 1 N–H and O–H groups in total. The van der Waals surface area contributed by atoms with Gasteiger partial charge in [0.05, 0.1) is 17.4 Å². The highest BCUT2D eigenvalue weighted by Gasteiger charge is 2.35. The van der Waals surface area contributed by atoms with Gasteiger partial charge in [-0.15, -0.1) is 0 Å². The molecular formula is C12H13BrF3NO. The normalized spacial score (nSPS) is 21.2. The van der Waals surface area contributed by atoms with Crippen molar-refractivity contribution in [3.63, 3.8) is 0 Å². The number of nitrogens with zero attached hydrogens (tertiary/aromatic N) is 1. The van der Waals surface area contributed by atoms with Crippen molar-refractivity contribution in [3.8, 4) is 0 Å². The third kappa shape index (κ3) is 2.98. The second-order valence-corrected chi connectivity index (χ2v) is 5.32. The summed E-state index contributed by atoms with van der Waals surface area (Å²) >= 11 is 3.19. The van der Waals surface area contributed by atoms with E-state index in [0.717, 1.165) is 6.07 Å². The summed E-state index contributed by atoms with van der Waals surface area (Å²) in [6.07, 6.45) is -3.59. The SMILES string of the molecule is OC1CCCN(c2cc(Br)ccc2C(F)(F)F)C1. The fraction of sp³-hybridized carbons (Fsp3) is 0.500. The maximum atomic E-state index is 12.9. The summed E-state index contributed by atoms with van der Waals surface area (Å²) in [6, 6.07) is 3.91. The van der Waals surface area contributed by atoms with E-state index < -0.39 is 17.8 Å². The minimum atomic E-state index is -4.38. The average molecular weight is 324 g/mol. The Bertz CT molecular complexity index is 436. The molecule has 6 heteroatoms. The zero-order valence-corrected chi connectivity index (χ0v) is 11.1. The Morgan fingerprint density at radius 3 is 2.67 bits per heavy atom. The largest absolute Gasteiger partial charge is 0.418 e. The molecule has 1 atom stereocenters. The van der Waals surface area contributed by atoms with Crippen molar-refractivity contribution >= 4 is 21.6 Å². The number of aliphatic hydroxyl groups is 1. The van der Waals surface area contributed by atoms with Crippen LogP contribution in [0.2, 0.25) is 0 Å². The number of alkyl halides is 3. The Morgan fingerprint density at radius 1 is 1.33 bits per heavy atom. The minimum absolute atomic E-state index is 0.135. The standard InChI is InChI=1S/C12H13BrF3NO/c13-8-3-4-10(12(14,15)16)11(6-8)17-5-1-2-9(18)7-17/h3-4,6,9,18H,1-2,5,7H2. The molecule has 2 nitrogen and oxygen atoms in total. The Hall–Kier alpha value is -0.750.